The van der Waals surface area contributed by atoms with Gasteiger partial charge in [0.05, 0.1) is 6.04 Å². The molecule has 1 aliphatic rings. The Morgan fingerprint density at radius 2 is 1.96 bits per heavy atom. The van der Waals surface area contributed by atoms with E-state index in [-0.39, 0.29) is 25.3 Å². The number of carbonyl (C=O) groups excluding carboxylic acids is 2. The predicted octanol–water partition coefficient (Wildman–Crippen LogP) is 2.93. The van der Waals surface area contributed by atoms with E-state index in [1.807, 2.05) is 43.3 Å². The highest BCUT2D eigenvalue weighted by atomic mass is 16.7. The first-order valence-electron chi connectivity index (χ1n) is 8.54. The van der Waals surface area contributed by atoms with Gasteiger partial charge in [0.1, 0.15) is 5.69 Å². The zero-order valence-electron chi connectivity index (χ0n) is 14.7. The van der Waals surface area contributed by atoms with Crippen LogP contribution in [0.4, 0.5) is 0 Å². The molecule has 7 heteroatoms. The van der Waals surface area contributed by atoms with Crippen molar-refractivity contribution in [3.63, 3.8) is 0 Å². The number of amides is 1. The van der Waals surface area contributed by atoms with E-state index < -0.39 is 5.97 Å². The lowest BCUT2D eigenvalue weighted by atomic mass is 10.1. The Bertz CT molecular complexity index is 978. The van der Waals surface area contributed by atoms with Crippen molar-refractivity contribution < 1.29 is 23.8 Å². The highest BCUT2D eigenvalue weighted by Crippen LogP contribution is 2.34. The molecule has 4 rings (SSSR count). The minimum absolute atomic E-state index is 0.198. The number of carbonyl (C=O) groups is 2. The standard InChI is InChI=1S/C20H18N2O5/c1-12(13-6-7-17-18(9-13)27-11-26-17)21-19(23)10-25-20(24)16-8-14-4-2-3-5-15(14)22-16/h2-9,12,22H,10-11H2,1H3,(H,21,23)/t12-/m1/s1. The van der Waals surface area contributed by atoms with Gasteiger partial charge in [-0.2, -0.15) is 0 Å². The van der Waals surface area contributed by atoms with Crippen LogP contribution in [0.1, 0.15) is 29.0 Å². The molecular weight excluding hydrogens is 348 g/mol. The molecule has 2 heterocycles. The molecule has 0 unspecified atom stereocenters. The number of ether oxygens (including phenoxy) is 3. The molecule has 0 bridgehead atoms. The first-order valence-corrected chi connectivity index (χ1v) is 8.54. The Morgan fingerprint density at radius 3 is 2.81 bits per heavy atom. The highest BCUT2D eigenvalue weighted by molar-refractivity contribution is 5.95. The van der Waals surface area contributed by atoms with Crippen molar-refractivity contribution in [1.29, 1.82) is 0 Å². The number of hydrogen-bond donors (Lipinski definition) is 2. The summed E-state index contributed by atoms with van der Waals surface area (Å²) in [7, 11) is 0. The number of para-hydroxylation sites is 1. The van der Waals surface area contributed by atoms with Gasteiger partial charge < -0.3 is 24.5 Å². The fraction of sp³-hybridized carbons (Fsp3) is 0.200. The summed E-state index contributed by atoms with van der Waals surface area (Å²) in [5.74, 6) is 0.380. The molecule has 1 atom stereocenters. The summed E-state index contributed by atoms with van der Waals surface area (Å²) in [4.78, 5) is 27.2. The summed E-state index contributed by atoms with van der Waals surface area (Å²) in [6.07, 6.45) is 0. The van der Waals surface area contributed by atoms with Gasteiger partial charge in [-0.15, -0.1) is 0 Å². The largest absolute Gasteiger partial charge is 0.454 e. The molecule has 0 spiro atoms. The summed E-state index contributed by atoms with van der Waals surface area (Å²) in [6.45, 7) is 1.68. The van der Waals surface area contributed by atoms with E-state index >= 15 is 0 Å². The number of fused-ring (bicyclic) bond motifs is 2. The minimum Gasteiger partial charge on any atom is -0.454 e. The van der Waals surface area contributed by atoms with Crippen molar-refractivity contribution in [2.24, 2.45) is 0 Å². The van der Waals surface area contributed by atoms with Crippen LogP contribution in [0.25, 0.3) is 10.9 Å². The van der Waals surface area contributed by atoms with Crippen LogP contribution >= 0.6 is 0 Å². The van der Waals surface area contributed by atoms with E-state index in [1.165, 1.54) is 0 Å². The number of aromatic nitrogens is 1. The first kappa shape index (κ1) is 17.0. The number of esters is 1. The molecule has 7 nitrogen and oxygen atoms in total. The normalized spacial score (nSPS) is 13.4. The van der Waals surface area contributed by atoms with Crippen LogP contribution in [0, 0.1) is 0 Å². The molecular formula is C20H18N2O5. The van der Waals surface area contributed by atoms with Crippen LogP contribution in [0.15, 0.2) is 48.5 Å². The lowest BCUT2D eigenvalue weighted by Crippen LogP contribution is -2.31. The zero-order chi connectivity index (χ0) is 18.8. The summed E-state index contributed by atoms with van der Waals surface area (Å²) in [6, 6.07) is 14.4. The van der Waals surface area contributed by atoms with E-state index in [4.69, 9.17) is 14.2 Å². The van der Waals surface area contributed by atoms with Crippen LogP contribution in [0.2, 0.25) is 0 Å². The second-order valence-electron chi connectivity index (χ2n) is 6.25. The molecule has 138 valence electrons. The zero-order valence-corrected chi connectivity index (χ0v) is 14.7. The number of aromatic amines is 1. The average Bonchev–Trinajstić information content (AvgIpc) is 3.31. The fourth-order valence-electron chi connectivity index (χ4n) is 2.94. The molecule has 1 aliphatic heterocycles. The Morgan fingerprint density at radius 1 is 1.15 bits per heavy atom. The molecule has 0 saturated heterocycles. The lowest BCUT2D eigenvalue weighted by molar-refractivity contribution is -0.124. The third-order valence-electron chi connectivity index (χ3n) is 4.36. The SMILES string of the molecule is C[C@@H](NC(=O)COC(=O)c1cc2ccccc2[nH]1)c1ccc2c(c1)OCO2. The number of H-pyrrole nitrogens is 1. The van der Waals surface area contributed by atoms with Gasteiger partial charge in [-0.25, -0.2) is 4.79 Å². The molecule has 1 amide bonds. The van der Waals surface area contributed by atoms with Gasteiger partial charge in [-0.1, -0.05) is 24.3 Å². The van der Waals surface area contributed by atoms with Gasteiger partial charge in [0.15, 0.2) is 18.1 Å². The van der Waals surface area contributed by atoms with Crippen LogP contribution < -0.4 is 14.8 Å². The minimum atomic E-state index is -0.572. The molecule has 3 aromatic rings. The summed E-state index contributed by atoms with van der Waals surface area (Å²) >= 11 is 0. The smallest absolute Gasteiger partial charge is 0.355 e. The van der Waals surface area contributed by atoms with Gasteiger partial charge >= 0.3 is 5.97 Å². The third kappa shape index (κ3) is 3.57. The summed E-state index contributed by atoms with van der Waals surface area (Å²) in [5, 5.41) is 3.71. The van der Waals surface area contributed by atoms with Crippen LogP contribution in [-0.2, 0) is 9.53 Å². The number of rotatable bonds is 5. The summed E-state index contributed by atoms with van der Waals surface area (Å²) < 4.78 is 15.7. The van der Waals surface area contributed by atoms with Gasteiger partial charge in [0, 0.05) is 10.9 Å². The summed E-state index contributed by atoms with van der Waals surface area (Å²) in [5.41, 5.74) is 2.02. The predicted molar refractivity (Wildman–Crippen MR) is 97.7 cm³/mol. The van der Waals surface area contributed by atoms with E-state index in [9.17, 15) is 9.59 Å². The molecule has 0 aliphatic carbocycles. The fourth-order valence-corrected chi connectivity index (χ4v) is 2.94. The molecule has 1 aromatic heterocycles. The Labute approximate surface area is 155 Å². The van der Waals surface area contributed by atoms with Gasteiger partial charge in [0.2, 0.25) is 6.79 Å². The van der Waals surface area contributed by atoms with Crippen molar-refractivity contribution in [3.8, 4) is 11.5 Å². The van der Waals surface area contributed by atoms with Gasteiger partial charge in [-0.3, -0.25) is 4.79 Å². The third-order valence-corrected chi connectivity index (χ3v) is 4.36. The number of hydrogen-bond acceptors (Lipinski definition) is 5. The van der Waals surface area contributed by atoms with E-state index in [0.29, 0.717) is 17.2 Å². The average molecular weight is 366 g/mol. The van der Waals surface area contributed by atoms with Crippen LogP contribution in [0.5, 0.6) is 11.5 Å². The molecule has 0 saturated carbocycles. The van der Waals surface area contributed by atoms with Crippen molar-refractivity contribution in [2.75, 3.05) is 13.4 Å². The maximum atomic E-state index is 12.1. The monoisotopic (exact) mass is 366 g/mol. The van der Waals surface area contributed by atoms with Gasteiger partial charge in [-0.05, 0) is 36.8 Å². The van der Waals surface area contributed by atoms with Crippen molar-refractivity contribution in [3.05, 3.63) is 59.8 Å². The quantitative estimate of drug-likeness (QED) is 0.678. The number of benzene rings is 2. The molecule has 0 fully saturated rings. The second kappa shape index (κ2) is 7.03. The highest BCUT2D eigenvalue weighted by Gasteiger charge is 2.18. The number of nitrogens with one attached hydrogen (secondary N) is 2. The van der Waals surface area contributed by atoms with Crippen LogP contribution in [-0.4, -0.2) is 30.3 Å². The van der Waals surface area contributed by atoms with Crippen molar-refractivity contribution in [2.45, 2.75) is 13.0 Å². The van der Waals surface area contributed by atoms with Crippen molar-refractivity contribution in [1.82, 2.24) is 10.3 Å². The van der Waals surface area contributed by atoms with Crippen molar-refractivity contribution >= 4 is 22.8 Å². The van der Waals surface area contributed by atoms with E-state index in [1.54, 1.807) is 12.1 Å². The Kier molecular flexibility index (Phi) is 4.42. The maximum Gasteiger partial charge on any atom is 0.355 e. The second-order valence-corrected chi connectivity index (χ2v) is 6.25. The van der Waals surface area contributed by atoms with Crippen LogP contribution in [0.3, 0.4) is 0 Å². The molecule has 27 heavy (non-hydrogen) atoms. The van der Waals surface area contributed by atoms with E-state index in [2.05, 4.69) is 10.3 Å². The molecule has 2 aromatic carbocycles. The Hall–Kier alpha value is -3.48. The lowest BCUT2D eigenvalue weighted by Gasteiger charge is -2.14. The molecule has 2 N–H and O–H groups in total. The topological polar surface area (TPSA) is 89.7 Å². The maximum absolute atomic E-state index is 12.1. The Balaban J connectivity index is 1.33. The first-order chi connectivity index (χ1) is 13.1. The molecule has 0 radical (unpaired) electrons. The van der Waals surface area contributed by atoms with E-state index in [0.717, 1.165) is 16.5 Å². The van der Waals surface area contributed by atoms with Gasteiger partial charge in [0.25, 0.3) is 5.91 Å².